The number of ether oxygens (including phenoxy) is 1. The number of carbonyl (C=O) groups excluding carboxylic acids is 1. The molecule has 0 aliphatic carbocycles. The summed E-state index contributed by atoms with van der Waals surface area (Å²) in [6.07, 6.45) is 3.40. The quantitative estimate of drug-likeness (QED) is 0.673. The maximum absolute atomic E-state index is 12.6. The summed E-state index contributed by atoms with van der Waals surface area (Å²) in [6.45, 7) is 7.21. The highest BCUT2D eigenvalue weighted by molar-refractivity contribution is 6.04. The van der Waals surface area contributed by atoms with E-state index in [4.69, 9.17) is 4.74 Å². The fourth-order valence-electron chi connectivity index (χ4n) is 2.40. The zero-order valence-corrected chi connectivity index (χ0v) is 15.1. The Bertz CT molecular complexity index is 704. The van der Waals surface area contributed by atoms with E-state index in [0.29, 0.717) is 35.4 Å². The molecule has 0 aliphatic rings. The van der Waals surface area contributed by atoms with E-state index >= 15 is 0 Å². The summed E-state index contributed by atoms with van der Waals surface area (Å²) in [5.74, 6) is 1.59. The van der Waals surface area contributed by atoms with Crippen molar-refractivity contribution in [3.8, 4) is 5.75 Å². The molecule has 0 fully saturated rings. The lowest BCUT2D eigenvalue weighted by Crippen LogP contribution is -2.16. The molecule has 1 heterocycles. The van der Waals surface area contributed by atoms with E-state index in [1.165, 1.54) is 6.42 Å². The molecular weight excluding hydrogens is 316 g/mol. The molecule has 1 aromatic carbocycles. The number of rotatable bonds is 9. The van der Waals surface area contributed by atoms with E-state index in [1.807, 2.05) is 25.1 Å². The summed E-state index contributed by atoms with van der Waals surface area (Å²) in [7, 11) is 0. The predicted octanol–water partition coefficient (Wildman–Crippen LogP) is 4.04. The molecule has 6 heteroatoms. The highest BCUT2D eigenvalue weighted by atomic mass is 16.5. The standard InChI is InChI=1S/C19H26N4O2/c1-4-6-9-12-20-18-13-16(21-14(3)22-18)19(24)23-15-10-7-8-11-17(15)25-5-2/h7-8,10-11,13H,4-6,9,12H2,1-3H3,(H,23,24)(H,20,21,22). The van der Waals surface area contributed by atoms with Gasteiger partial charge in [0.05, 0.1) is 12.3 Å². The van der Waals surface area contributed by atoms with E-state index in [0.717, 1.165) is 19.4 Å². The molecule has 6 nitrogen and oxygen atoms in total. The molecule has 2 aromatic rings. The van der Waals surface area contributed by atoms with Crippen LogP contribution >= 0.6 is 0 Å². The van der Waals surface area contributed by atoms with Crippen LogP contribution in [-0.2, 0) is 0 Å². The summed E-state index contributed by atoms with van der Waals surface area (Å²) in [4.78, 5) is 21.2. The van der Waals surface area contributed by atoms with Gasteiger partial charge >= 0.3 is 0 Å². The van der Waals surface area contributed by atoms with Crippen LogP contribution < -0.4 is 15.4 Å². The van der Waals surface area contributed by atoms with Crippen molar-refractivity contribution in [3.05, 3.63) is 41.9 Å². The molecule has 2 rings (SSSR count). The van der Waals surface area contributed by atoms with Gasteiger partial charge < -0.3 is 15.4 Å². The summed E-state index contributed by atoms with van der Waals surface area (Å²) in [5, 5.41) is 6.12. The second-order valence-electron chi connectivity index (χ2n) is 5.70. The third-order valence-corrected chi connectivity index (χ3v) is 3.59. The molecule has 0 bridgehead atoms. The van der Waals surface area contributed by atoms with Crippen LogP contribution in [0.3, 0.4) is 0 Å². The van der Waals surface area contributed by atoms with Gasteiger partial charge in [0.15, 0.2) is 0 Å². The Morgan fingerprint density at radius 3 is 2.72 bits per heavy atom. The van der Waals surface area contributed by atoms with Crippen LogP contribution in [0, 0.1) is 6.92 Å². The average molecular weight is 342 g/mol. The molecule has 0 aliphatic heterocycles. The van der Waals surface area contributed by atoms with Crippen molar-refractivity contribution in [1.29, 1.82) is 0 Å². The van der Waals surface area contributed by atoms with Crippen molar-refractivity contribution in [3.63, 3.8) is 0 Å². The van der Waals surface area contributed by atoms with Gasteiger partial charge in [-0.25, -0.2) is 9.97 Å². The maximum atomic E-state index is 12.6. The Labute approximate surface area is 149 Å². The van der Waals surface area contributed by atoms with Gasteiger partial charge in [-0.1, -0.05) is 31.9 Å². The molecular formula is C19H26N4O2. The Balaban J connectivity index is 2.10. The number of nitrogens with zero attached hydrogens (tertiary/aromatic N) is 2. The number of aryl methyl sites for hydroxylation is 1. The topological polar surface area (TPSA) is 76.1 Å². The molecule has 0 spiro atoms. The molecule has 0 atom stereocenters. The largest absolute Gasteiger partial charge is 0.492 e. The van der Waals surface area contributed by atoms with E-state index in [1.54, 1.807) is 19.1 Å². The molecule has 0 saturated heterocycles. The zero-order chi connectivity index (χ0) is 18.1. The number of para-hydroxylation sites is 2. The normalized spacial score (nSPS) is 10.4. The van der Waals surface area contributed by atoms with Crippen LogP contribution in [-0.4, -0.2) is 29.0 Å². The average Bonchev–Trinajstić information content (AvgIpc) is 2.60. The van der Waals surface area contributed by atoms with Gasteiger partial charge in [-0.05, 0) is 32.4 Å². The predicted molar refractivity (Wildman–Crippen MR) is 100 cm³/mol. The van der Waals surface area contributed by atoms with Gasteiger partial charge in [0.1, 0.15) is 23.1 Å². The minimum absolute atomic E-state index is 0.283. The minimum atomic E-state index is -0.283. The lowest BCUT2D eigenvalue weighted by molar-refractivity contribution is 0.102. The molecule has 2 N–H and O–H groups in total. The second kappa shape index (κ2) is 9.61. The fourth-order valence-corrected chi connectivity index (χ4v) is 2.40. The monoisotopic (exact) mass is 342 g/mol. The Morgan fingerprint density at radius 2 is 1.96 bits per heavy atom. The van der Waals surface area contributed by atoms with E-state index < -0.39 is 0 Å². The number of carbonyl (C=O) groups is 1. The van der Waals surface area contributed by atoms with Gasteiger partial charge in [0.25, 0.3) is 5.91 Å². The molecule has 0 unspecified atom stereocenters. The van der Waals surface area contributed by atoms with Gasteiger partial charge in [0, 0.05) is 12.6 Å². The summed E-state index contributed by atoms with van der Waals surface area (Å²) >= 11 is 0. The van der Waals surface area contributed by atoms with Gasteiger partial charge in [-0.3, -0.25) is 4.79 Å². The van der Waals surface area contributed by atoms with Crippen molar-refractivity contribution in [1.82, 2.24) is 9.97 Å². The molecule has 25 heavy (non-hydrogen) atoms. The minimum Gasteiger partial charge on any atom is -0.492 e. The number of benzene rings is 1. The summed E-state index contributed by atoms with van der Waals surface area (Å²) in [6, 6.07) is 9.03. The van der Waals surface area contributed by atoms with E-state index in [-0.39, 0.29) is 5.91 Å². The van der Waals surface area contributed by atoms with Crippen molar-refractivity contribution < 1.29 is 9.53 Å². The van der Waals surface area contributed by atoms with Gasteiger partial charge in [-0.2, -0.15) is 0 Å². The lowest BCUT2D eigenvalue weighted by Gasteiger charge is -2.12. The number of amides is 1. The number of unbranched alkanes of at least 4 members (excludes halogenated alkanes) is 2. The first-order valence-electron chi connectivity index (χ1n) is 8.76. The molecule has 1 aromatic heterocycles. The molecule has 0 saturated carbocycles. The van der Waals surface area contributed by atoms with Gasteiger partial charge in [-0.15, -0.1) is 0 Å². The third-order valence-electron chi connectivity index (χ3n) is 3.59. The first-order valence-corrected chi connectivity index (χ1v) is 8.76. The SMILES string of the molecule is CCCCCNc1cc(C(=O)Nc2ccccc2OCC)nc(C)n1. The first-order chi connectivity index (χ1) is 12.1. The number of hydrogen-bond donors (Lipinski definition) is 2. The summed E-state index contributed by atoms with van der Waals surface area (Å²) in [5.41, 5.74) is 0.958. The Hall–Kier alpha value is -2.63. The summed E-state index contributed by atoms with van der Waals surface area (Å²) < 4.78 is 5.54. The van der Waals surface area contributed by atoms with E-state index in [9.17, 15) is 4.79 Å². The fraction of sp³-hybridized carbons (Fsp3) is 0.421. The van der Waals surface area contributed by atoms with Crippen molar-refractivity contribution in [2.45, 2.75) is 40.0 Å². The van der Waals surface area contributed by atoms with Crippen LogP contribution in [0.25, 0.3) is 0 Å². The van der Waals surface area contributed by atoms with Crippen LogP contribution in [0.1, 0.15) is 49.4 Å². The number of aromatic nitrogens is 2. The third kappa shape index (κ3) is 5.74. The highest BCUT2D eigenvalue weighted by Gasteiger charge is 2.13. The zero-order valence-electron chi connectivity index (χ0n) is 15.1. The van der Waals surface area contributed by atoms with Gasteiger partial charge in [0.2, 0.25) is 0 Å². The second-order valence-corrected chi connectivity index (χ2v) is 5.70. The van der Waals surface area contributed by atoms with Crippen molar-refractivity contribution >= 4 is 17.4 Å². The lowest BCUT2D eigenvalue weighted by atomic mass is 10.2. The van der Waals surface area contributed by atoms with E-state index in [2.05, 4.69) is 27.5 Å². The first kappa shape index (κ1) is 18.7. The van der Waals surface area contributed by atoms with Crippen molar-refractivity contribution in [2.24, 2.45) is 0 Å². The van der Waals surface area contributed by atoms with Crippen LogP contribution in [0.5, 0.6) is 5.75 Å². The maximum Gasteiger partial charge on any atom is 0.274 e. The Kier molecular flexibility index (Phi) is 7.19. The number of nitrogens with one attached hydrogen (secondary N) is 2. The molecule has 0 radical (unpaired) electrons. The smallest absolute Gasteiger partial charge is 0.274 e. The Morgan fingerprint density at radius 1 is 1.16 bits per heavy atom. The van der Waals surface area contributed by atoms with Crippen molar-refractivity contribution in [2.75, 3.05) is 23.8 Å². The molecule has 134 valence electrons. The molecule has 1 amide bonds. The van der Waals surface area contributed by atoms with Crippen LogP contribution in [0.4, 0.5) is 11.5 Å². The number of hydrogen-bond acceptors (Lipinski definition) is 5. The van der Waals surface area contributed by atoms with Crippen LogP contribution in [0.15, 0.2) is 30.3 Å². The van der Waals surface area contributed by atoms with Crippen LogP contribution in [0.2, 0.25) is 0 Å². The number of anilines is 2. The highest BCUT2D eigenvalue weighted by Crippen LogP contribution is 2.24.